The summed E-state index contributed by atoms with van der Waals surface area (Å²) in [5.41, 5.74) is 0. The maximum atomic E-state index is 3.71. The lowest BCUT2D eigenvalue weighted by atomic mass is 10.3. The zero-order chi connectivity index (χ0) is 9.94. The fraction of sp³-hybridized carbons (Fsp3) is 0.333. The summed E-state index contributed by atoms with van der Waals surface area (Å²) >= 11 is 0. The summed E-state index contributed by atoms with van der Waals surface area (Å²) in [6, 6.07) is 0. The van der Waals surface area contributed by atoms with Crippen LogP contribution in [0.15, 0.2) is 50.1 Å². The Morgan fingerprint density at radius 2 is 1.38 bits per heavy atom. The van der Waals surface area contributed by atoms with Gasteiger partial charge in [0.1, 0.15) is 0 Å². The van der Waals surface area contributed by atoms with Gasteiger partial charge in [0.15, 0.2) is 0 Å². The van der Waals surface area contributed by atoms with E-state index < -0.39 is 0 Å². The third kappa shape index (κ3) is 7.29. The summed E-state index contributed by atoms with van der Waals surface area (Å²) in [4.78, 5) is 2.25. The average Bonchev–Trinajstić information content (AvgIpc) is 2.13. The molecule has 0 atom stereocenters. The fourth-order valence-electron chi connectivity index (χ4n) is 1.00. The normalized spacial score (nSPS) is 10.5. The largest absolute Gasteiger partial charge is 0.292 e. The molecule has 0 heterocycles. The third-order valence-corrected chi connectivity index (χ3v) is 1.61. The molecule has 0 aromatic rings. The summed E-state index contributed by atoms with van der Waals surface area (Å²) in [6.07, 6.45) is 10.9. The van der Waals surface area contributed by atoms with Gasteiger partial charge in [0.2, 0.25) is 0 Å². The molecular formula is C12H19N. The zero-order valence-electron chi connectivity index (χ0n) is 8.28. The van der Waals surface area contributed by atoms with E-state index in [9.17, 15) is 0 Å². The number of nitrogens with zero attached hydrogens (tertiary/aromatic N) is 1. The summed E-state index contributed by atoms with van der Waals surface area (Å²) < 4.78 is 0. The van der Waals surface area contributed by atoms with E-state index in [0.29, 0.717) is 0 Å². The van der Waals surface area contributed by atoms with Gasteiger partial charge in [-0.05, 0) is 6.42 Å². The molecule has 0 amide bonds. The molecule has 13 heavy (non-hydrogen) atoms. The van der Waals surface area contributed by atoms with Crippen molar-refractivity contribution in [2.24, 2.45) is 0 Å². The predicted molar refractivity (Wildman–Crippen MR) is 60.8 cm³/mol. The lowest BCUT2D eigenvalue weighted by Crippen LogP contribution is -2.23. The van der Waals surface area contributed by atoms with Crippen LogP contribution in [0.25, 0.3) is 0 Å². The molecule has 0 radical (unpaired) electrons. The molecular weight excluding hydrogens is 158 g/mol. The molecule has 0 aliphatic rings. The summed E-state index contributed by atoms with van der Waals surface area (Å²) in [5.74, 6) is 0. The van der Waals surface area contributed by atoms with Crippen LogP contribution in [0.5, 0.6) is 0 Å². The Labute approximate surface area is 81.8 Å². The van der Waals surface area contributed by atoms with Crippen molar-refractivity contribution in [3.63, 3.8) is 0 Å². The molecule has 0 aromatic heterocycles. The Kier molecular flexibility index (Phi) is 8.26. The molecule has 0 aliphatic carbocycles. The first-order valence-electron chi connectivity index (χ1n) is 4.55. The molecule has 0 bridgehead atoms. The second kappa shape index (κ2) is 9.01. The Morgan fingerprint density at radius 1 is 0.769 bits per heavy atom. The van der Waals surface area contributed by atoms with Gasteiger partial charge in [-0.15, -0.1) is 19.7 Å². The van der Waals surface area contributed by atoms with Crippen molar-refractivity contribution < 1.29 is 0 Å². The molecule has 0 spiro atoms. The van der Waals surface area contributed by atoms with E-state index in [4.69, 9.17) is 0 Å². The highest BCUT2D eigenvalue weighted by Crippen LogP contribution is 1.91. The summed E-state index contributed by atoms with van der Waals surface area (Å²) in [7, 11) is 0. The molecule has 0 saturated carbocycles. The van der Waals surface area contributed by atoms with Gasteiger partial charge in [0, 0.05) is 19.6 Å². The molecule has 0 saturated heterocycles. The van der Waals surface area contributed by atoms with E-state index >= 15 is 0 Å². The van der Waals surface area contributed by atoms with Gasteiger partial charge < -0.3 is 0 Å². The van der Waals surface area contributed by atoms with E-state index in [0.717, 1.165) is 26.1 Å². The van der Waals surface area contributed by atoms with Crippen LogP contribution in [0.1, 0.15) is 6.42 Å². The van der Waals surface area contributed by atoms with Crippen molar-refractivity contribution in [1.29, 1.82) is 0 Å². The van der Waals surface area contributed by atoms with E-state index in [1.54, 1.807) is 0 Å². The Bertz CT molecular complexity index is 170. The topological polar surface area (TPSA) is 3.24 Å². The first-order valence-corrected chi connectivity index (χ1v) is 4.55. The van der Waals surface area contributed by atoms with E-state index in [1.807, 2.05) is 18.2 Å². The highest BCUT2D eigenvalue weighted by atomic mass is 15.1. The predicted octanol–water partition coefficient (Wildman–Crippen LogP) is 2.79. The summed E-state index contributed by atoms with van der Waals surface area (Å²) in [5, 5.41) is 0. The monoisotopic (exact) mass is 177 g/mol. The highest BCUT2D eigenvalue weighted by molar-refractivity contribution is 4.92. The first-order chi connectivity index (χ1) is 6.35. The van der Waals surface area contributed by atoms with Crippen LogP contribution in [0.3, 0.4) is 0 Å². The van der Waals surface area contributed by atoms with Crippen molar-refractivity contribution in [3.05, 3.63) is 50.1 Å². The Hall–Kier alpha value is -1.08. The number of hydrogen-bond donors (Lipinski definition) is 0. The smallest absolute Gasteiger partial charge is 0.0169 e. The van der Waals surface area contributed by atoms with Crippen LogP contribution in [-0.4, -0.2) is 24.5 Å². The van der Waals surface area contributed by atoms with Crippen LogP contribution in [0.2, 0.25) is 0 Å². The maximum Gasteiger partial charge on any atom is 0.0169 e. The van der Waals surface area contributed by atoms with Crippen LogP contribution >= 0.6 is 0 Å². The molecule has 72 valence electrons. The minimum atomic E-state index is 0.907. The van der Waals surface area contributed by atoms with Crippen LogP contribution in [0.4, 0.5) is 0 Å². The molecule has 0 fully saturated rings. The zero-order valence-corrected chi connectivity index (χ0v) is 8.28. The number of allylic oxidation sites excluding steroid dienone is 2. The van der Waals surface area contributed by atoms with E-state index in [2.05, 4.69) is 36.8 Å². The average molecular weight is 177 g/mol. The maximum absolute atomic E-state index is 3.71. The lowest BCUT2D eigenvalue weighted by molar-refractivity contribution is 0.373. The van der Waals surface area contributed by atoms with E-state index in [1.165, 1.54) is 0 Å². The highest BCUT2D eigenvalue weighted by Gasteiger charge is 1.95. The Morgan fingerprint density at radius 3 is 1.85 bits per heavy atom. The second-order valence-electron chi connectivity index (χ2n) is 2.79. The second-order valence-corrected chi connectivity index (χ2v) is 2.79. The van der Waals surface area contributed by atoms with Gasteiger partial charge in [-0.25, -0.2) is 0 Å². The third-order valence-electron chi connectivity index (χ3n) is 1.61. The summed E-state index contributed by atoms with van der Waals surface area (Å²) in [6.45, 7) is 13.8. The molecule has 0 unspecified atom stereocenters. The van der Waals surface area contributed by atoms with Crippen molar-refractivity contribution in [2.75, 3.05) is 19.6 Å². The molecule has 0 rings (SSSR count). The van der Waals surface area contributed by atoms with Crippen LogP contribution in [-0.2, 0) is 0 Å². The minimum absolute atomic E-state index is 0.907. The van der Waals surface area contributed by atoms with Gasteiger partial charge in [-0.3, -0.25) is 4.90 Å². The van der Waals surface area contributed by atoms with Gasteiger partial charge in [-0.1, -0.05) is 30.4 Å². The SMILES string of the molecule is C=CCC=CCN(CC=C)CC=C. The standard InChI is InChI=1S/C12H19N/c1-4-7-8-9-12-13(10-5-2)11-6-3/h4-6,8-9H,1-3,7,10-12H2. The van der Waals surface area contributed by atoms with Crippen LogP contribution < -0.4 is 0 Å². The van der Waals surface area contributed by atoms with Gasteiger partial charge in [0.25, 0.3) is 0 Å². The van der Waals surface area contributed by atoms with Gasteiger partial charge in [0.05, 0.1) is 0 Å². The molecule has 0 aliphatic heterocycles. The quantitative estimate of drug-likeness (QED) is 0.515. The van der Waals surface area contributed by atoms with Crippen molar-refractivity contribution in [2.45, 2.75) is 6.42 Å². The van der Waals surface area contributed by atoms with Crippen molar-refractivity contribution in [1.82, 2.24) is 4.90 Å². The Balaban J connectivity index is 3.72. The van der Waals surface area contributed by atoms with Gasteiger partial charge >= 0.3 is 0 Å². The number of hydrogen-bond acceptors (Lipinski definition) is 1. The fourth-order valence-corrected chi connectivity index (χ4v) is 1.00. The van der Waals surface area contributed by atoms with Crippen molar-refractivity contribution >= 4 is 0 Å². The van der Waals surface area contributed by atoms with E-state index in [-0.39, 0.29) is 0 Å². The minimum Gasteiger partial charge on any atom is -0.292 e. The van der Waals surface area contributed by atoms with Gasteiger partial charge in [-0.2, -0.15) is 0 Å². The van der Waals surface area contributed by atoms with Crippen LogP contribution in [0, 0.1) is 0 Å². The van der Waals surface area contributed by atoms with Crippen molar-refractivity contribution in [3.8, 4) is 0 Å². The molecule has 1 nitrogen and oxygen atoms in total. The molecule has 1 heteroatoms. The number of rotatable bonds is 8. The molecule has 0 aromatic carbocycles. The lowest BCUT2D eigenvalue weighted by Gasteiger charge is -2.15. The molecule has 0 N–H and O–H groups in total. The first kappa shape index (κ1) is 11.9.